The molecule has 0 bridgehead atoms. The first-order valence-electron chi connectivity index (χ1n) is 9.60. The highest BCUT2D eigenvalue weighted by Gasteiger charge is 2.30. The van der Waals surface area contributed by atoms with Gasteiger partial charge < -0.3 is 5.32 Å². The Labute approximate surface area is 173 Å². The molecule has 2 rings (SSSR count). The minimum Gasteiger partial charge on any atom is -0.362 e. The fourth-order valence-corrected chi connectivity index (χ4v) is 4.35. The zero-order valence-corrected chi connectivity index (χ0v) is 18.7. The van der Waals surface area contributed by atoms with Crippen molar-refractivity contribution in [3.05, 3.63) is 35.9 Å². The van der Waals surface area contributed by atoms with E-state index in [0.29, 0.717) is 23.2 Å². The van der Waals surface area contributed by atoms with Crippen LogP contribution in [0.1, 0.15) is 56.8 Å². The van der Waals surface area contributed by atoms with E-state index in [1.54, 1.807) is 32.9 Å². The predicted octanol–water partition coefficient (Wildman–Crippen LogP) is 3.41. The van der Waals surface area contributed by atoms with E-state index in [-0.39, 0.29) is 11.9 Å². The Morgan fingerprint density at radius 1 is 1.14 bits per heavy atom. The average molecular weight is 426 g/mol. The van der Waals surface area contributed by atoms with Gasteiger partial charge in [0.15, 0.2) is 5.17 Å². The van der Waals surface area contributed by atoms with Crippen molar-refractivity contribution in [2.45, 2.75) is 57.2 Å². The molecule has 8 heteroatoms. The SMILES string of the molecule is CS/C(=N\C(=O)c1ccccc1)N[C@H]1CC[C@H](CNS(=O)(=O)C(C)(C)C)CC1. The van der Waals surface area contributed by atoms with E-state index < -0.39 is 14.8 Å². The largest absolute Gasteiger partial charge is 0.362 e. The zero-order chi connectivity index (χ0) is 20.8. The summed E-state index contributed by atoms with van der Waals surface area (Å²) in [4.78, 5) is 16.5. The summed E-state index contributed by atoms with van der Waals surface area (Å²) in [6.07, 6.45) is 5.65. The van der Waals surface area contributed by atoms with Gasteiger partial charge in [0, 0.05) is 18.2 Å². The second-order valence-corrected chi connectivity index (χ2v) is 11.4. The molecule has 0 aliphatic heterocycles. The third-order valence-corrected chi connectivity index (χ3v) is 7.71. The molecule has 1 fully saturated rings. The number of hydrogen-bond donors (Lipinski definition) is 2. The van der Waals surface area contributed by atoms with E-state index in [2.05, 4.69) is 15.0 Å². The lowest BCUT2D eigenvalue weighted by Gasteiger charge is -2.30. The molecule has 0 unspecified atom stereocenters. The summed E-state index contributed by atoms with van der Waals surface area (Å²) in [6.45, 7) is 5.60. The molecule has 1 amide bonds. The molecule has 0 spiro atoms. The lowest BCUT2D eigenvalue weighted by atomic mass is 9.86. The number of amidine groups is 1. The number of amides is 1. The number of sulfonamides is 1. The standard InChI is InChI=1S/C20H31N3O3S2/c1-20(2,3)28(25,26)21-14-15-10-12-17(13-11-15)22-19(27-4)23-18(24)16-8-6-5-7-9-16/h5-9,15,17,21H,10-14H2,1-4H3,(H,22,23,24)/t15-,17-. The number of thioether (sulfide) groups is 1. The molecule has 28 heavy (non-hydrogen) atoms. The van der Waals surface area contributed by atoms with Gasteiger partial charge in [-0.3, -0.25) is 4.79 Å². The van der Waals surface area contributed by atoms with E-state index >= 15 is 0 Å². The van der Waals surface area contributed by atoms with Crippen LogP contribution in [0, 0.1) is 5.92 Å². The monoisotopic (exact) mass is 425 g/mol. The van der Waals surface area contributed by atoms with Crippen molar-refractivity contribution in [3.63, 3.8) is 0 Å². The van der Waals surface area contributed by atoms with Gasteiger partial charge in [-0.15, -0.1) is 0 Å². The van der Waals surface area contributed by atoms with Crippen molar-refractivity contribution in [2.24, 2.45) is 10.9 Å². The smallest absolute Gasteiger partial charge is 0.279 e. The highest BCUT2D eigenvalue weighted by molar-refractivity contribution is 8.13. The van der Waals surface area contributed by atoms with Crippen LogP contribution in [0.3, 0.4) is 0 Å². The summed E-state index contributed by atoms with van der Waals surface area (Å²) in [5.41, 5.74) is 0.575. The molecule has 0 atom stereocenters. The number of carbonyl (C=O) groups is 1. The van der Waals surface area contributed by atoms with Crippen LogP contribution < -0.4 is 10.0 Å². The molecule has 0 heterocycles. The first kappa shape index (κ1) is 22.9. The van der Waals surface area contributed by atoms with Gasteiger partial charge in [-0.1, -0.05) is 30.0 Å². The van der Waals surface area contributed by atoms with Gasteiger partial charge in [-0.05, 0) is 70.8 Å². The van der Waals surface area contributed by atoms with Crippen molar-refractivity contribution in [2.75, 3.05) is 12.8 Å². The molecule has 6 nitrogen and oxygen atoms in total. The van der Waals surface area contributed by atoms with E-state index in [9.17, 15) is 13.2 Å². The Kier molecular flexibility index (Phi) is 8.09. The number of aliphatic imine (C=N–C) groups is 1. The topological polar surface area (TPSA) is 87.6 Å². The quantitative estimate of drug-likeness (QED) is 0.558. The maximum Gasteiger partial charge on any atom is 0.279 e. The summed E-state index contributed by atoms with van der Waals surface area (Å²) in [6, 6.07) is 9.29. The van der Waals surface area contributed by atoms with Crippen LogP contribution in [0.2, 0.25) is 0 Å². The molecule has 0 saturated heterocycles. The molecular formula is C20H31N3O3S2. The molecule has 1 aromatic carbocycles. The zero-order valence-electron chi connectivity index (χ0n) is 17.1. The first-order chi connectivity index (χ1) is 13.1. The van der Waals surface area contributed by atoms with Crippen molar-refractivity contribution in [1.82, 2.24) is 10.0 Å². The third kappa shape index (κ3) is 6.60. The lowest BCUT2D eigenvalue weighted by Crippen LogP contribution is -2.43. The van der Waals surface area contributed by atoms with Gasteiger partial charge in [0.1, 0.15) is 0 Å². The van der Waals surface area contributed by atoms with Crippen LogP contribution >= 0.6 is 11.8 Å². The third-order valence-electron chi connectivity index (χ3n) is 4.96. The number of hydrogen-bond acceptors (Lipinski definition) is 4. The van der Waals surface area contributed by atoms with Gasteiger partial charge in [0.05, 0.1) is 4.75 Å². The average Bonchev–Trinajstić information content (AvgIpc) is 2.66. The number of nitrogens with zero attached hydrogens (tertiary/aromatic N) is 1. The second kappa shape index (κ2) is 9.89. The maximum absolute atomic E-state index is 12.3. The highest BCUT2D eigenvalue weighted by Crippen LogP contribution is 2.25. The van der Waals surface area contributed by atoms with Crippen molar-refractivity contribution < 1.29 is 13.2 Å². The van der Waals surface area contributed by atoms with Crippen molar-refractivity contribution in [1.29, 1.82) is 0 Å². The number of rotatable bonds is 5. The number of carbonyl (C=O) groups excluding carboxylic acids is 1. The van der Waals surface area contributed by atoms with E-state index in [1.807, 2.05) is 24.5 Å². The van der Waals surface area contributed by atoms with E-state index in [1.165, 1.54) is 11.8 Å². The lowest BCUT2D eigenvalue weighted by molar-refractivity contribution is 0.100. The summed E-state index contributed by atoms with van der Waals surface area (Å²) < 4.78 is 26.3. The minimum atomic E-state index is -3.30. The van der Waals surface area contributed by atoms with Gasteiger partial charge in [-0.2, -0.15) is 4.99 Å². The van der Waals surface area contributed by atoms with Crippen molar-refractivity contribution >= 4 is 32.9 Å². The molecule has 1 aliphatic rings. The minimum absolute atomic E-state index is 0.247. The van der Waals surface area contributed by atoms with Crippen LogP contribution in [0.15, 0.2) is 35.3 Å². The van der Waals surface area contributed by atoms with Crippen LogP contribution in [0.4, 0.5) is 0 Å². The van der Waals surface area contributed by atoms with Gasteiger partial charge in [0.25, 0.3) is 5.91 Å². The fraction of sp³-hybridized carbons (Fsp3) is 0.600. The number of benzene rings is 1. The second-order valence-electron chi connectivity index (χ2n) is 8.12. The highest BCUT2D eigenvalue weighted by atomic mass is 32.2. The Morgan fingerprint density at radius 3 is 2.29 bits per heavy atom. The van der Waals surface area contributed by atoms with Gasteiger partial charge in [-0.25, -0.2) is 13.1 Å². The molecule has 2 N–H and O–H groups in total. The van der Waals surface area contributed by atoms with Crippen molar-refractivity contribution in [3.8, 4) is 0 Å². The molecular weight excluding hydrogens is 394 g/mol. The Balaban J connectivity index is 1.84. The Bertz CT molecular complexity index is 779. The molecule has 0 radical (unpaired) electrons. The summed E-state index contributed by atoms with van der Waals surface area (Å²) in [5.74, 6) is 0.0958. The summed E-state index contributed by atoms with van der Waals surface area (Å²) in [7, 11) is -3.30. The van der Waals surface area contributed by atoms with Gasteiger partial charge in [0.2, 0.25) is 10.0 Å². The Hall–Kier alpha value is -1.38. The van der Waals surface area contributed by atoms with Crippen LogP contribution in [-0.2, 0) is 10.0 Å². The molecule has 1 saturated carbocycles. The molecule has 1 aliphatic carbocycles. The van der Waals surface area contributed by atoms with Crippen LogP contribution in [0.25, 0.3) is 0 Å². The van der Waals surface area contributed by atoms with E-state index in [4.69, 9.17) is 0 Å². The normalized spacial score (nSPS) is 21.4. The van der Waals surface area contributed by atoms with Crippen LogP contribution in [0.5, 0.6) is 0 Å². The molecule has 1 aromatic rings. The Morgan fingerprint density at radius 2 is 1.75 bits per heavy atom. The summed E-state index contributed by atoms with van der Waals surface area (Å²) >= 11 is 1.43. The molecule has 0 aromatic heterocycles. The maximum atomic E-state index is 12.3. The predicted molar refractivity (Wildman–Crippen MR) is 117 cm³/mol. The van der Waals surface area contributed by atoms with Crippen LogP contribution in [-0.4, -0.2) is 43.1 Å². The van der Waals surface area contributed by atoms with E-state index in [0.717, 1.165) is 25.7 Å². The molecule has 156 valence electrons. The fourth-order valence-electron chi connectivity index (χ4n) is 3.00. The van der Waals surface area contributed by atoms with Gasteiger partial charge >= 0.3 is 0 Å². The summed E-state index contributed by atoms with van der Waals surface area (Å²) in [5, 5.41) is 4.01. The number of nitrogens with one attached hydrogen (secondary N) is 2. The first-order valence-corrected chi connectivity index (χ1v) is 12.3.